The number of nitrogens with zero attached hydrogens (tertiary/aromatic N) is 2. The second kappa shape index (κ2) is 17.0. The van der Waals surface area contributed by atoms with Crippen LogP contribution in [0.3, 0.4) is 0 Å². The first kappa shape index (κ1) is 48.1. The van der Waals surface area contributed by atoms with Crippen molar-refractivity contribution in [2.24, 2.45) is 0 Å². The van der Waals surface area contributed by atoms with Crippen LogP contribution in [0.5, 0.6) is 0 Å². The number of hydrogen-bond acceptors (Lipinski definition) is 2. The molecule has 1 radical (unpaired) electrons. The van der Waals surface area contributed by atoms with Gasteiger partial charge in [-0.1, -0.05) is 0 Å². The monoisotopic (exact) mass is 1030 g/mol. The van der Waals surface area contributed by atoms with E-state index in [0.717, 1.165) is 0 Å². The van der Waals surface area contributed by atoms with Gasteiger partial charge in [-0.15, -0.1) is 0 Å². The molecule has 4 aromatic carbocycles. The van der Waals surface area contributed by atoms with Crippen LogP contribution in [0.4, 0.5) is 87.8 Å². The summed E-state index contributed by atoms with van der Waals surface area (Å²) < 4.78 is 303. The van der Waals surface area contributed by atoms with Crippen molar-refractivity contribution in [3.63, 3.8) is 0 Å². The minimum atomic E-state index is -2.72. The fourth-order valence-corrected chi connectivity index (χ4v) is 7.56. The molecule has 353 valence electrons. The first-order valence-corrected chi connectivity index (χ1v) is 18.3. The van der Waals surface area contributed by atoms with Crippen molar-refractivity contribution in [1.29, 1.82) is 0 Å². The first-order valence-electron chi connectivity index (χ1n) is 18.3. The summed E-state index contributed by atoms with van der Waals surface area (Å²) in [6, 6.07) is 2.51. The molecule has 69 heavy (non-hydrogen) atoms. The van der Waals surface area contributed by atoms with Crippen LogP contribution in [0, 0.1) is 116 Å². The van der Waals surface area contributed by atoms with Crippen LogP contribution in [0.1, 0.15) is 22.8 Å². The number of nitrogens with one attached hydrogen (secondary N) is 2. The molecule has 5 heterocycles. The molecule has 4 nitrogen and oxygen atoms in total. The molecular formula is C44H10CoF20N4+2. The maximum absolute atomic E-state index is 15.8. The Balaban J connectivity index is 0.00000642. The van der Waals surface area contributed by atoms with Gasteiger partial charge in [-0.2, -0.15) is 0 Å². The van der Waals surface area contributed by atoms with E-state index in [1.807, 2.05) is 0 Å². The van der Waals surface area contributed by atoms with Gasteiger partial charge in [-0.05, 0) is 48.6 Å². The minimum Gasteiger partial charge on any atom is -0.354 e. The normalized spacial score (nSPS) is 12.1. The predicted molar refractivity (Wildman–Crippen MR) is 200 cm³/mol. The Morgan fingerprint density at radius 1 is 0.217 bits per heavy atom. The summed E-state index contributed by atoms with van der Waals surface area (Å²) in [4.78, 5) is 12.3. The molecule has 2 aliphatic rings. The number of rotatable bonds is 4. The van der Waals surface area contributed by atoms with E-state index in [1.54, 1.807) is 0 Å². The fraction of sp³-hybridized carbons (Fsp3) is 0. The quantitative estimate of drug-likeness (QED) is 0.105. The van der Waals surface area contributed by atoms with Crippen LogP contribution in [-0.2, 0) is 16.8 Å². The molecule has 7 aromatic rings. The summed E-state index contributed by atoms with van der Waals surface area (Å²) in [7, 11) is 0. The predicted octanol–water partition coefficient (Wildman–Crippen LogP) is 14.1. The summed E-state index contributed by atoms with van der Waals surface area (Å²) >= 11 is 0. The maximum atomic E-state index is 15.8. The second-order valence-electron chi connectivity index (χ2n) is 14.3. The minimum absolute atomic E-state index is 0. The Labute approximate surface area is 378 Å². The molecule has 9 rings (SSSR count). The van der Waals surface area contributed by atoms with Crippen molar-refractivity contribution in [3.05, 3.63) is 163 Å². The van der Waals surface area contributed by atoms with Gasteiger partial charge in [0.2, 0.25) is 23.3 Å². The molecule has 0 atom stereocenters. The Hall–Kier alpha value is -7.41. The van der Waals surface area contributed by atoms with E-state index in [1.165, 1.54) is 0 Å². The van der Waals surface area contributed by atoms with Gasteiger partial charge in [0.15, 0.2) is 93.1 Å². The fourth-order valence-electron chi connectivity index (χ4n) is 7.56. The van der Waals surface area contributed by atoms with E-state index in [0.29, 0.717) is 48.6 Å². The number of benzene rings is 4. The molecule has 0 unspecified atom stereocenters. The molecule has 3 aromatic heterocycles. The molecule has 0 saturated carbocycles. The van der Waals surface area contributed by atoms with Gasteiger partial charge >= 0.3 is 16.8 Å². The molecule has 2 N–H and O–H groups in total. The van der Waals surface area contributed by atoms with E-state index in [9.17, 15) is 52.7 Å². The van der Waals surface area contributed by atoms with Gasteiger partial charge in [-0.3, -0.25) is 0 Å². The van der Waals surface area contributed by atoms with Gasteiger partial charge in [0.05, 0.1) is 45.0 Å². The maximum Gasteiger partial charge on any atom is 2.00 e. The van der Waals surface area contributed by atoms with E-state index in [2.05, 4.69) is 19.9 Å². The zero-order chi connectivity index (χ0) is 49.3. The number of H-pyrrole nitrogens is 2. The molecule has 25 heteroatoms. The largest absolute Gasteiger partial charge is 2.00 e. The second-order valence-corrected chi connectivity index (χ2v) is 14.3. The van der Waals surface area contributed by atoms with E-state index in [-0.39, 0.29) is 16.8 Å². The van der Waals surface area contributed by atoms with Crippen molar-refractivity contribution < 1.29 is 105 Å². The van der Waals surface area contributed by atoms with Crippen LogP contribution >= 0.6 is 0 Å². The Morgan fingerprint density at radius 2 is 0.362 bits per heavy atom. The molecule has 0 fully saturated rings. The van der Waals surface area contributed by atoms with Crippen LogP contribution in [0.15, 0.2) is 24.3 Å². The van der Waals surface area contributed by atoms with Gasteiger partial charge in [0, 0.05) is 44.3 Å². The molecule has 0 spiro atoms. The average molecular weight is 1030 g/mol. The van der Waals surface area contributed by atoms with Gasteiger partial charge < -0.3 is 9.97 Å². The molecule has 2 aliphatic heterocycles. The number of hydrogen-bond donors (Lipinski definition) is 2. The summed E-state index contributed by atoms with van der Waals surface area (Å²) in [6.07, 6.45) is 2.40. The SMILES string of the molecule is Fc1c(F)c(F)c(-c2c3nc(c(-c4c(F)c(F)c(F)c(F)c4F)c4ccc([nH]4)c(-c4c(F)c(F)c(F)c(F)c4F)c4nc(c(-c5c(F)c(F)c(F)c(F)c5F)c5ccc2[nH]5)C=C4)C=C3)c(F)c1F.[Co+2]. The third kappa shape index (κ3) is 6.98. The zero-order valence-corrected chi connectivity index (χ0v) is 33.4. The zero-order valence-electron chi connectivity index (χ0n) is 32.4. The Kier molecular flexibility index (Phi) is 11.8. The average Bonchev–Trinajstić information content (AvgIpc) is 4.18. The number of fused-ring (bicyclic) bond motifs is 8. The third-order valence-corrected chi connectivity index (χ3v) is 10.6. The number of aromatic nitrogens is 4. The third-order valence-electron chi connectivity index (χ3n) is 10.6. The topological polar surface area (TPSA) is 57.4 Å². The summed E-state index contributed by atoms with van der Waals surface area (Å²) in [5.74, 6) is -52.6. The van der Waals surface area contributed by atoms with Gasteiger partial charge in [0.1, 0.15) is 0 Å². The standard InChI is InChI=1S/C44H10F20N4.Co/c45-25-21(26(46)34(54)41(61)33(25)53)17-9-1-2-10(65-9)18(22-27(47)35(55)42(62)36(56)28(22)48)12-5-6-14(67-12)20(24-31(51)39(59)44(64)40(60)32(24)52)16-8-7-15(68-16)19(13-4-3-11(17)66-13)23-29(49)37(57)43(63)38(58)30(23)50;/h1-8,65,68H;/q;+2. The van der Waals surface area contributed by atoms with E-state index in [4.69, 9.17) is 0 Å². The van der Waals surface area contributed by atoms with Crippen molar-refractivity contribution in [2.45, 2.75) is 0 Å². The Bertz CT molecular complexity index is 3120. The van der Waals surface area contributed by atoms with Gasteiger partial charge in [0.25, 0.3) is 0 Å². The molecule has 0 saturated heterocycles. The molecule has 0 aliphatic carbocycles. The van der Waals surface area contributed by atoms with Crippen molar-refractivity contribution in [3.8, 4) is 44.5 Å². The summed E-state index contributed by atoms with van der Waals surface area (Å²) in [6.45, 7) is 0. The number of aromatic amines is 2. The smallest absolute Gasteiger partial charge is 0.354 e. The first-order chi connectivity index (χ1) is 32.1. The van der Waals surface area contributed by atoms with E-state index < -0.39 is 206 Å². The number of halogens is 20. The summed E-state index contributed by atoms with van der Waals surface area (Å²) in [5.41, 5.74) is -20.5. The molecular weight excluding hydrogens is 1020 g/mol. The van der Waals surface area contributed by atoms with Crippen molar-refractivity contribution in [2.75, 3.05) is 0 Å². The van der Waals surface area contributed by atoms with Gasteiger partial charge in [-0.25, -0.2) is 97.8 Å². The molecule has 0 amide bonds. The Morgan fingerprint density at radius 3 is 0.522 bits per heavy atom. The summed E-state index contributed by atoms with van der Waals surface area (Å²) in [5, 5.41) is 0. The molecule has 8 bridgehead atoms. The van der Waals surface area contributed by atoms with Crippen LogP contribution in [0.25, 0.3) is 90.9 Å². The van der Waals surface area contributed by atoms with Crippen molar-refractivity contribution >= 4 is 46.4 Å². The van der Waals surface area contributed by atoms with E-state index >= 15 is 35.1 Å². The van der Waals surface area contributed by atoms with Crippen LogP contribution in [0.2, 0.25) is 0 Å². The van der Waals surface area contributed by atoms with Crippen LogP contribution in [-0.4, -0.2) is 19.9 Å². The van der Waals surface area contributed by atoms with Crippen molar-refractivity contribution in [1.82, 2.24) is 19.9 Å². The van der Waals surface area contributed by atoms with Crippen LogP contribution < -0.4 is 0 Å².